The first-order valence-electron chi connectivity index (χ1n) is 7.94. The molecule has 0 aromatic heterocycles. The summed E-state index contributed by atoms with van der Waals surface area (Å²) in [4.78, 5) is 24.0. The maximum absolute atomic E-state index is 12.9. The van der Waals surface area contributed by atoms with Gasteiger partial charge in [-0.1, -0.05) is 0 Å². The number of halogens is 3. The molecule has 1 heterocycles. The zero-order valence-electron chi connectivity index (χ0n) is 13.1. The number of amides is 2. The predicted molar refractivity (Wildman–Crippen MR) is 76.7 cm³/mol. The molecule has 1 aliphatic carbocycles. The third kappa shape index (κ3) is 4.30. The summed E-state index contributed by atoms with van der Waals surface area (Å²) in [6.07, 6.45) is -1.54. The molecule has 1 saturated carbocycles. The van der Waals surface area contributed by atoms with Crippen molar-refractivity contribution in [1.29, 1.82) is 5.26 Å². The molecule has 1 saturated heterocycles. The molecule has 2 fully saturated rings. The second kappa shape index (κ2) is 7.28. The molecule has 2 N–H and O–H groups in total. The average Bonchev–Trinajstić information content (AvgIpc) is 2.99. The summed E-state index contributed by atoms with van der Waals surface area (Å²) in [5.74, 6) is -4.95. The maximum atomic E-state index is 12.9. The minimum atomic E-state index is -4.65. The smallest absolute Gasteiger partial charge is 0.394 e. The van der Waals surface area contributed by atoms with Crippen LogP contribution in [0.15, 0.2) is 0 Å². The van der Waals surface area contributed by atoms with Crippen LogP contribution in [0.25, 0.3) is 0 Å². The summed E-state index contributed by atoms with van der Waals surface area (Å²) in [6, 6.07) is 1.55. The number of rotatable bonds is 3. The van der Waals surface area contributed by atoms with E-state index in [-0.39, 0.29) is 11.8 Å². The van der Waals surface area contributed by atoms with Crippen molar-refractivity contribution in [2.75, 3.05) is 19.6 Å². The van der Waals surface area contributed by atoms with E-state index in [1.807, 2.05) is 0 Å². The lowest BCUT2D eigenvalue weighted by atomic mass is 9.83. The molecular formula is C15H20F3N3O3. The van der Waals surface area contributed by atoms with E-state index in [1.54, 1.807) is 0 Å². The Labute approximate surface area is 137 Å². The largest absolute Gasteiger partial charge is 0.481 e. The Morgan fingerprint density at radius 2 is 1.83 bits per heavy atom. The minimum absolute atomic E-state index is 0.0411. The topological polar surface area (TPSA) is 93.4 Å². The Morgan fingerprint density at radius 1 is 1.21 bits per heavy atom. The van der Waals surface area contributed by atoms with Crippen molar-refractivity contribution in [3.05, 3.63) is 0 Å². The van der Waals surface area contributed by atoms with E-state index < -0.39 is 43.1 Å². The van der Waals surface area contributed by atoms with Crippen LogP contribution in [0, 0.1) is 35.0 Å². The lowest BCUT2D eigenvalue weighted by Gasteiger charge is -2.26. The summed E-state index contributed by atoms with van der Waals surface area (Å²) in [6.45, 7) is -0.734. The van der Waals surface area contributed by atoms with Crippen LogP contribution in [0.1, 0.15) is 25.7 Å². The summed E-state index contributed by atoms with van der Waals surface area (Å²) >= 11 is 0. The molecule has 134 valence electrons. The Kier molecular flexibility index (Phi) is 5.57. The van der Waals surface area contributed by atoms with Crippen LogP contribution in [0.2, 0.25) is 0 Å². The Hall–Kier alpha value is -1.98. The quantitative estimate of drug-likeness (QED) is 0.819. The van der Waals surface area contributed by atoms with Gasteiger partial charge < -0.3 is 15.3 Å². The normalized spacial score (nSPS) is 30.7. The third-order valence-electron chi connectivity index (χ3n) is 4.92. The third-order valence-corrected chi connectivity index (χ3v) is 4.92. The number of carboxylic acid groups (broad SMARTS) is 1. The number of nitriles is 1. The van der Waals surface area contributed by atoms with Crippen LogP contribution in [0.3, 0.4) is 0 Å². The number of nitrogens with one attached hydrogen (secondary N) is 1. The molecule has 0 aromatic carbocycles. The van der Waals surface area contributed by atoms with Gasteiger partial charge >= 0.3 is 18.2 Å². The standard InChI is InChI=1S/C15H20F3N3O3/c16-15(17,18)12-8-21(7-11(12)13(22)23)14(24)20-6-10-3-1-9(5-19)2-4-10/h9-12H,1-4,6-8H2,(H,20,24)(H,22,23)/t9?,10?,11-,12-/m1/s1. The fraction of sp³-hybridized carbons (Fsp3) is 0.800. The van der Waals surface area contributed by atoms with Gasteiger partial charge in [0.1, 0.15) is 0 Å². The molecular weight excluding hydrogens is 327 g/mol. The van der Waals surface area contributed by atoms with Gasteiger partial charge in [-0.2, -0.15) is 18.4 Å². The summed E-state index contributed by atoms with van der Waals surface area (Å²) in [5.41, 5.74) is 0. The number of carboxylic acids is 1. The van der Waals surface area contributed by atoms with E-state index in [0.29, 0.717) is 6.54 Å². The summed E-state index contributed by atoms with van der Waals surface area (Å²) < 4.78 is 38.7. The molecule has 0 radical (unpaired) electrons. The predicted octanol–water partition coefficient (Wildman–Crippen LogP) is 2.22. The molecule has 6 nitrogen and oxygen atoms in total. The highest BCUT2D eigenvalue weighted by Crippen LogP contribution is 2.37. The number of urea groups is 1. The fourth-order valence-electron chi connectivity index (χ4n) is 3.39. The minimum Gasteiger partial charge on any atom is -0.481 e. The van der Waals surface area contributed by atoms with Gasteiger partial charge in [0.2, 0.25) is 0 Å². The number of nitrogens with zero attached hydrogens (tertiary/aromatic N) is 2. The number of likely N-dealkylation sites (tertiary alicyclic amines) is 1. The molecule has 9 heteroatoms. The maximum Gasteiger partial charge on any atom is 0.394 e. The molecule has 2 rings (SSSR count). The van der Waals surface area contributed by atoms with Crippen molar-refractivity contribution in [2.45, 2.75) is 31.9 Å². The zero-order chi connectivity index (χ0) is 17.9. The lowest BCUT2D eigenvalue weighted by molar-refractivity contribution is -0.187. The second-order valence-electron chi connectivity index (χ2n) is 6.53. The fourth-order valence-corrected chi connectivity index (χ4v) is 3.39. The summed E-state index contributed by atoms with van der Waals surface area (Å²) in [7, 11) is 0. The highest BCUT2D eigenvalue weighted by molar-refractivity contribution is 5.77. The Bertz CT molecular complexity index is 524. The van der Waals surface area contributed by atoms with Crippen molar-refractivity contribution in [3.8, 4) is 6.07 Å². The molecule has 2 aliphatic rings. The van der Waals surface area contributed by atoms with E-state index in [4.69, 9.17) is 10.4 Å². The number of carbonyl (C=O) groups is 2. The molecule has 2 amide bonds. The van der Waals surface area contributed by atoms with Crippen LogP contribution in [0.4, 0.5) is 18.0 Å². The van der Waals surface area contributed by atoms with E-state index >= 15 is 0 Å². The van der Waals surface area contributed by atoms with Crippen molar-refractivity contribution in [2.24, 2.45) is 23.7 Å². The van der Waals surface area contributed by atoms with E-state index in [1.165, 1.54) is 0 Å². The first-order valence-corrected chi connectivity index (χ1v) is 7.94. The molecule has 0 spiro atoms. The van der Waals surface area contributed by atoms with Gasteiger partial charge in [-0.25, -0.2) is 4.79 Å². The van der Waals surface area contributed by atoms with Crippen LogP contribution in [-0.2, 0) is 4.79 Å². The second-order valence-corrected chi connectivity index (χ2v) is 6.53. The van der Waals surface area contributed by atoms with Gasteiger partial charge in [-0.05, 0) is 31.6 Å². The van der Waals surface area contributed by atoms with E-state index in [9.17, 15) is 22.8 Å². The Morgan fingerprint density at radius 3 is 2.29 bits per heavy atom. The van der Waals surface area contributed by atoms with Gasteiger partial charge in [0.05, 0.1) is 17.9 Å². The van der Waals surface area contributed by atoms with Crippen molar-refractivity contribution < 1.29 is 27.9 Å². The molecule has 24 heavy (non-hydrogen) atoms. The van der Waals surface area contributed by atoms with Crippen LogP contribution in [-0.4, -0.2) is 47.8 Å². The highest BCUT2D eigenvalue weighted by atomic mass is 19.4. The first-order chi connectivity index (χ1) is 11.2. The number of alkyl halides is 3. The van der Waals surface area contributed by atoms with Gasteiger partial charge in [0, 0.05) is 25.6 Å². The molecule has 1 aliphatic heterocycles. The average molecular weight is 347 g/mol. The van der Waals surface area contributed by atoms with E-state index in [2.05, 4.69) is 11.4 Å². The van der Waals surface area contributed by atoms with Gasteiger partial charge in [-0.15, -0.1) is 0 Å². The van der Waals surface area contributed by atoms with Gasteiger partial charge in [-0.3, -0.25) is 4.79 Å². The van der Waals surface area contributed by atoms with Gasteiger partial charge in [0.15, 0.2) is 0 Å². The zero-order valence-corrected chi connectivity index (χ0v) is 13.1. The van der Waals surface area contributed by atoms with Crippen LogP contribution in [0.5, 0.6) is 0 Å². The van der Waals surface area contributed by atoms with Gasteiger partial charge in [0.25, 0.3) is 0 Å². The molecule has 0 unspecified atom stereocenters. The molecule has 0 aromatic rings. The first kappa shape index (κ1) is 18.4. The number of aliphatic carboxylic acids is 1. The van der Waals surface area contributed by atoms with E-state index in [0.717, 1.165) is 30.6 Å². The number of hydrogen-bond donors (Lipinski definition) is 2. The van der Waals surface area contributed by atoms with Crippen LogP contribution < -0.4 is 5.32 Å². The van der Waals surface area contributed by atoms with Crippen molar-refractivity contribution >= 4 is 12.0 Å². The van der Waals surface area contributed by atoms with Crippen LogP contribution >= 0.6 is 0 Å². The monoisotopic (exact) mass is 347 g/mol. The SMILES string of the molecule is N#CC1CCC(CNC(=O)N2C[C@@H](C(F)(F)F)[C@H](C(=O)O)C2)CC1. The summed E-state index contributed by atoms with van der Waals surface area (Å²) in [5, 5.41) is 20.4. The van der Waals surface area contributed by atoms with Crippen molar-refractivity contribution in [3.63, 3.8) is 0 Å². The number of hydrogen-bond acceptors (Lipinski definition) is 3. The van der Waals surface area contributed by atoms with Crippen molar-refractivity contribution in [1.82, 2.24) is 10.2 Å². The molecule has 0 bridgehead atoms. The highest BCUT2D eigenvalue weighted by Gasteiger charge is 2.53. The Balaban J connectivity index is 1.85. The number of carbonyl (C=O) groups excluding carboxylic acids is 1. The molecule has 2 atom stereocenters. The lowest BCUT2D eigenvalue weighted by Crippen LogP contribution is -2.42.